The lowest BCUT2D eigenvalue weighted by Crippen LogP contribution is -2.60. The number of aliphatic hydroxyl groups excluding tert-OH is 5. The Morgan fingerprint density at radius 2 is 0.797 bits per heavy atom. The second-order valence-electron chi connectivity index (χ2n) is 22.9. The molecule has 1 saturated heterocycles. The van der Waals surface area contributed by atoms with Crippen LogP contribution in [0.5, 0.6) is 0 Å². The van der Waals surface area contributed by atoms with Crippen LogP contribution in [0, 0.1) is 0 Å². The van der Waals surface area contributed by atoms with Crippen LogP contribution in [0.15, 0.2) is 24.3 Å². The van der Waals surface area contributed by atoms with Crippen LogP contribution in [0.1, 0.15) is 328 Å². The highest BCUT2D eigenvalue weighted by atomic mass is 16.7. The molecule has 7 atom stereocenters. The lowest BCUT2D eigenvalue weighted by atomic mass is 9.99. The molecule has 438 valence electrons. The fourth-order valence-corrected chi connectivity index (χ4v) is 10.7. The van der Waals surface area contributed by atoms with E-state index in [2.05, 4.69) is 43.5 Å². The Kier molecular flexibility index (Phi) is 52.5. The Balaban J connectivity index is 2.13. The summed E-state index contributed by atoms with van der Waals surface area (Å²) in [6.07, 6.45) is 63.7. The Hall–Kier alpha value is -1.33. The van der Waals surface area contributed by atoms with Crippen molar-refractivity contribution < 1.29 is 39.8 Å². The van der Waals surface area contributed by atoms with E-state index in [4.69, 9.17) is 9.47 Å². The predicted molar refractivity (Wildman–Crippen MR) is 314 cm³/mol. The van der Waals surface area contributed by atoms with Crippen LogP contribution in [-0.2, 0) is 14.3 Å². The molecule has 0 aromatic rings. The molecule has 1 aliphatic heterocycles. The topological polar surface area (TPSA) is 149 Å². The number of nitrogens with one attached hydrogen (secondary N) is 1. The van der Waals surface area contributed by atoms with Gasteiger partial charge in [0.05, 0.1) is 25.4 Å². The van der Waals surface area contributed by atoms with Gasteiger partial charge in [-0.15, -0.1) is 0 Å². The molecule has 1 fully saturated rings. The zero-order chi connectivity index (χ0) is 53.6. The average Bonchev–Trinajstić information content (AvgIpc) is 3.40. The summed E-state index contributed by atoms with van der Waals surface area (Å²) in [4.78, 5) is 13.1. The number of allylic oxidation sites excluding steroid dienone is 4. The largest absolute Gasteiger partial charge is 0.394 e. The van der Waals surface area contributed by atoms with E-state index in [-0.39, 0.29) is 12.5 Å². The minimum absolute atomic E-state index is 0.137. The van der Waals surface area contributed by atoms with Crippen molar-refractivity contribution in [2.45, 2.75) is 371 Å². The van der Waals surface area contributed by atoms with E-state index in [1.807, 2.05) is 0 Å². The Morgan fingerprint density at radius 1 is 0.459 bits per heavy atom. The molecule has 0 aromatic carbocycles. The van der Waals surface area contributed by atoms with Gasteiger partial charge < -0.3 is 40.3 Å². The van der Waals surface area contributed by atoms with Crippen molar-refractivity contribution in [2.75, 3.05) is 13.2 Å². The van der Waals surface area contributed by atoms with Gasteiger partial charge >= 0.3 is 0 Å². The van der Waals surface area contributed by atoms with Gasteiger partial charge in [0.25, 0.3) is 0 Å². The summed E-state index contributed by atoms with van der Waals surface area (Å²) in [6, 6.07) is -0.722. The monoisotopic (exact) mass is 1050 g/mol. The van der Waals surface area contributed by atoms with E-state index in [0.717, 1.165) is 44.9 Å². The maximum atomic E-state index is 13.1. The third-order valence-electron chi connectivity index (χ3n) is 15.8. The van der Waals surface area contributed by atoms with Gasteiger partial charge in [0.1, 0.15) is 24.4 Å². The average molecular weight is 1050 g/mol. The highest BCUT2D eigenvalue weighted by Crippen LogP contribution is 2.24. The highest BCUT2D eigenvalue weighted by Gasteiger charge is 2.44. The third-order valence-corrected chi connectivity index (χ3v) is 15.8. The van der Waals surface area contributed by atoms with Gasteiger partial charge in [-0.3, -0.25) is 4.79 Å². The molecule has 0 spiro atoms. The number of aliphatic hydroxyl groups is 5. The number of hydrogen-bond donors (Lipinski definition) is 6. The predicted octanol–water partition coefficient (Wildman–Crippen LogP) is 16.9. The van der Waals surface area contributed by atoms with Crippen LogP contribution >= 0.6 is 0 Å². The van der Waals surface area contributed by atoms with E-state index in [9.17, 15) is 30.3 Å². The Bertz CT molecular complexity index is 1210. The molecule has 1 amide bonds. The van der Waals surface area contributed by atoms with E-state index in [0.29, 0.717) is 12.8 Å². The first-order valence-electron chi connectivity index (χ1n) is 32.5. The summed E-state index contributed by atoms with van der Waals surface area (Å²) >= 11 is 0. The van der Waals surface area contributed by atoms with Crippen LogP contribution in [0.2, 0.25) is 0 Å². The minimum Gasteiger partial charge on any atom is -0.394 e. The lowest BCUT2D eigenvalue weighted by Gasteiger charge is -2.40. The maximum absolute atomic E-state index is 13.1. The molecule has 0 aromatic heterocycles. The van der Waals surface area contributed by atoms with E-state index >= 15 is 0 Å². The molecule has 6 N–H and O–H groups in total. The van der Waals surface area contributed by atoms with Gasteiger partial charge in [-0.25, -0.2) is 0 Å². The van der Waals surface area contributed by atoms with E-state index < -0.39 is 49.5 Å². The first-order valence-corrected chi connectivity index (χ1v) is 32.5. The first kappa shape index (κ1) is 70.7. The Morgan fingerprint density at radius 3 is 1.16 bits per heavy atom. The van der Waals surface area contributed by atoms with Gasteiger partial charge in [-0.2, -0.15) is 0 Å². The SMILES string of the molecule is CCCCCCC/C=C\C/C=C\CCCCCCCCCCCC(=O)NC(COC1OC(CO)C(O)C(O)C1O)C(O)CCCCCCCCCCCCCCCCCCCCCCCCCCCCCCCC. The van der Waals surface area contributed by atoms with Crippen molar-refractivity contribution in [1.29, 1.82) is 0 Å². The van der Waals surface area contributed by atoms with Gasteiger partial charge in [0.2, 0.25) is 5.91 Å². The second kappa shape index (κ2) is 55.0. The van der Waals surface area contributed by atoms with Crippen LogP contribution in [-0.4, -0.2) is 87.5 Å². The summed E-state index contributed by atoms with van der Waals surface area (Å²) in [5.41, 5.74) is 0. The zero-order valence-corrected chi connectivity index (χ0v) is 48.9. The molecule has 0 aliphatic carbocycles. The van der Waals surface area contributed by atoms with Crippen molar-refractivity contribution in [3.63, 3.8) is 0 Å². The second-order valence-corrected chi connectivity index (χ2v) is 22.9. The Labute approximate surface area is 458 Å². The highest BCUT2D eigenvalue weighted by molar-refractivity contribution is 5.76. The molecule has 7 unspecified atom stereocenters. The fourth-order valence-electron chi connectivity index (χ4n) is 10.7. The molecular formula is C65H125NO8. The van der Waals surface area contributed by atoms with Gasteiger partial charge in [0.15, 0.2) is 6.29 Å². The van der Waals surface area contributed by atoms with Crippen LogP contribution < -0.4 is 5.32 Å². The van der Waals surface area contributed by atoms with Gasteiger partial charge in [-0.1, -0.05) is 301 Å². The van der Waals surface area contributed by atoms with Crippen LogP contribution in [0.3, 0.4) is 0 Å². The molecular weight excluding hydrogens is 923 g/mol. The summed E-state index contributed by atoms with van der Waals surface area (Å²) in [5.74, 6) is -0.143. The molecule has 1 heterocycles. The number of unbranched alkanes of at least 4 members (excludes halogenated alkanes) is 43. The molecule has 1 aliphatic rings. The summed E-state index contributed by atoms with van der Waals surface area (Å²) in [5, 5.41) is 54.8. The summed E-state index contributed by atoms with van der Waals surface area (Å²) < 4.78 is 11.3. The smallest absolute Gasteiger partial charge is 0.220 e. The molecule has 0 saturated carbocycles. The normalized spacial score (nSPS) is 19.0. The van der Waals surface area contributed by atoms with E-state index in [1.54, 1.807) is 0 Å². The quantitative estimate of drug-likeness (QED) is 0.0261. The number of amides is 1. The number of rotatable bonds is 57. The van der Waals surface area contributed by atoms with Crippen molar-refractivity contribution in [1.82, 2.24) is 5.32 Å². The summed E-state index contributed by atoms with van der Waals surface area (Å²) in [7, 11) is 0. The van der Waals surface area contributed by atoms with Crippen LogP contribution in [0.4, 0.5) is 0 Å². The number of ether oxygens (including phenoxy) is 2. The van der Waals surface area contributed by atoms with Gasteiger partial charge in [0, 0.05) is 6.42 Å². The minimum atomic E-state index is -1.55. The van der Waals surface area contributed by atoms with Crippen molar-refractivity contribution in [3.8, 4) is 0 Å². The molecule has 74 heavy (non-hydrogen) atoms. The molecule has 9 nitrogen and oxygen atoms in total. The van der Waals surface area contributed by atoms with Crippen molar-refractivity contribution in [2.24, 2.45) is 0 Å². The van der Waals surface area contributed by atoms with E-state index in [1.165, 1.54) is 257 Å². The van der Waals surface area contributed by atoms with Crippen molar-refractivity contribution >= 4 is 5.91 Å². The van der Waals surface area contributed by atoms with Crippen LogP contribution in [0.25, 0.3) is 0 Å². The maximum Gasteiger partial charge on any atom is 0.220 e. The standard InChI is InChI=1S/C65H125NO8/c1-3-5-7-9-11-13-15-17-19-21-23-25-26-27-28-29-30-31-32-33-35-36-38-40-42-44-46-48-50-52-54-59(68)58(57-73-65-64(72)63(71)62(70)60(56-67)74-65)66-61(69)55-53-51-49-47-45-43-41-39-37-34-24-22-20-18-16-14-12-10-8-6-4-2/h16,18,22,24,58-60,62-65,67-68,70-72H,3-15,17,19-21,23,25-57H2,1-2H3,(H,66,69)/b18-16-,24-22-. The number of hydrogen-bond acceptors (Lipinski definition) is 8. The molecule has 1 rings (SSSR count). The fraction of sp³-hybridized carbons (Fsp3) is 0.923. The molecule has 9 heteroatoms. The van der Waals surface area contributed by atoms with Gasteiger partial charge in [-0.05, 0) is 44.9 Å². The lowest BCUT2D eigenvalue weighted by molar-refractivity contribution is -0.302. The van der Waals surface area contributed by atoms with Crippen molar-refractivity contribution in [3.05, 3.63) is 24.3 Å². The zero-order valence-electron chi connectivity index (χ0n) is 48.9. The number of carbonyl (C=O) groups is 1. The number of carbonyl (C=O) groups excluding carboxylic acids is 1. The molecule has 0 bridgehead atoms. The first-order chi connectivity index (χ1) is 36.3. The third kappa shape index (κ3) is 43.6. The summed E-state index contributed by atoms with van der Waals surface area (Å²) in [6.45, 7) is 3.87. The molecule has 0 radical (unpaired) electrons.